The van der Waals surface area contributed by atoms with E-state index in [0.29, 0.717) is 23.3 Å². The molecule has 1 rings (SSSR count). The fourth-order valence-electron chi connectivity index (χ4n) is 1.29. The Morgan fingerprint density at radius 2 is 2.06 bits per heavy atom. The van der Waals surface area contributed by atoms with Crippen LogP contribution in [-0.2, 0) is 19.7 Å². The van der Waals surface area contributed by atoms with Gasteiger partial charge in [0, 0.05) is 6.20 Å². The van der Waals surface area contributed by atoms with E-state index in [4.69, 9.17) is 25.4 Å². The minimum absolute atomic E-state index is 0.0887. The number of rotatable bonds is 7. The zero-order chi connectivity index (χ0) is 13.6. The Labute approximate surface area is 115 Å². The predicted octanol–water partition coefficient (Wildman–Crippen LogP) is 3.26. The lowest BCUT2D eigenvalue weighted by Gasteiger charge is -2.16. The van der Waals surface area contributed by atoms with Crippen LogP contribution in [0.4, 0.5) is 0 Å². The summed E-state index contributed by atoms with van der Waals surface area (Å²) in [6.07, 6.45) is 1.58. The minimum atomic E-state index is -2.98. The van der Waals surface area contributed by atoms with Gasteiger partial charge in [-0.2, -0.15) is 13.9 Å². The second-order valence-electron chi connectivity index (χ2n) is 3.28. The Morgan fingerprint density at radius 3 is 2.56 bits per heavy atom. The van der Waals surface area contributed by atoms with Crippen LogP contribution in [0.5, 0.6) is 0 Å². The Balaban J connectivity index is 2.82. The summed E-state index contributed by atoms with van der Waals surface area (Å²) in [7, 11) is -4.05. The van der Waals surface area contributed by atoms with Crippen molar-refractivity contribution in [1.82, 2.24) is 4.98 Å². The molecule has 102 valence electrons. The molecule has 0 fully saturated rings. The molecule has 0 saturated carbocycles. The second kappa shape index (κ2) is 7.48. The maximum atomic E-state index is 10.2. The summed E-state index contributed by atoms with van der Waals surface area (Å²) in [6.45, 7) is 4.24. The van der Waals surface area contributed by atoms with Gasteiger partial charge in [0.1, 0.15) is 5.03 Å². The van der Waals surface area contributed by atoms with Crippen molar-refractivity contribution in [3.8, 4) is 0 Å². The largest absolute Gasteiger partial charge is 0.420 e. The SMILES string of the molecule is CCO[P+](O)(CS(=N)c1ncccc1Cl)OCC. The van der Waals surface area contributed by atoms with Crippen molar-refractivity contribution < 1.29 is 13.9 Å². The van der Waals surface area contributed by atoms with E-state index in [1.807, 2.05) is 0 Å². The summed E-state index contributed by atoms with van der Waals surface area (Å²) in [4.78, 5) is 14.3. The highest BCUT2D eigenvalue weighted by Gasteiger charge is 2.41. The molecule has 0 amide bonds. The maximum Gasteiger partial charge on any atom is 0.420 e. The first-order chi connectivity index (χ1) is 8.52. The van der Waals surface area contributed by atoms with E-state index < -0.39 is 18.6 Å². The number of hydrogen-bond donors (Lipinski definition) is 2. The third-order valence-electron chi connectivity index (χ3n) is 1.91. The third-order valence-corrected chi connectivity index (χ3v) is 6.78. The van der Waals surface area contributed by atoms with E-state index >= 15 is 0 Å². The van der Waals surface area contributed by atoms with Gasteiger partial charge in [0.25, 0.3) is 0 Å². The van der Waals surface area contributed by atoms with E-state index in [9.17, 15) is 4.89 Å². The van der Waals surface area contributed by atoms with Gasteiger partial charge >= 0.3 is 7.94 Å². The summed E-state index contributed by atoms with van der Waals surface area (Å²) in [6, 6.07) is 3.38. The van der Waals surface area contributed by atoms with Crippen LogP contribution in [0, 0.1) is 4.78 Å². The molecule has 0 aromatic carbocycles. The zero-order valence-corrected chi connectivity index (χ0v) is 12.8. The van der Waals surface area contributed by atoms with Crippen LogP contribution in [-0.4, -0.2) is 28.6 Å². The molecule has 1 unspecified atom stereocenters. The van der Waals surface area contributed by atoms with Crippen molar-refractivity contribution in [2.24, 2.45) is 0 Å². The molecular weight excluding hydrogens is 295 g/mol. The lowest BCUT2D eigenvalue weighted by Crippen LogP contribution is -2.11. The Hall–Kier alpha value is -0.100. The van der Waals surface area contributed by atoms with Gasteiger partial charge in [0.2, 0.25) is 5.49 Å². The van der Waals surface area contributed by atoms with Gasteiger partial charge in [-0.3, -0.25) is 4.78 Å². The molecule has 0 aliphatic rings. The summed E-state index contributed by atoms with van der Waals surface area (Å²) in [5, 5.41) is 0.882. The summed E-state index contributed by atoms with van der Waals surface area (Å²) < 4.78 is 18.6. The zero-order valence-electron chi connectivity index (χ0n) is 10.3. The minimum Gasteiger partial charge on any atom is -0.270 e. The number of nitrogens with zero attached hydrogens (tertiary/aromatic N) is 1. The summed E-state index contributed by atoms with van der Waals surface area (Å²) >= 11 is 5.98. The van der Waals surface area contributed by atoms with Crippen molar-refractivity contribution in [2.45, 2.75) is 18.9 Å². The van der Waals surface area contributed by atoms with Crippen molar-refractivity contribution in [3.63, 3.8) is 0 Å². The van der Waals surface area contributed by atoms with Crippen molar-refractivity contribution >= 4 is 30.2 Å². The molecule has 1 atom stereocenters. The van der Waals surface area contributed by atoms with Gasteiger partial charge in [-0.05, 0) is 36.7 Å². The lowest BCUT2D eigenvalue weighted by molar-refractivity contribution is 0.194. The predicted molar refractivity (Wildman–Crippen MR) is 74.9 cm³/mol. The number of aromatic nitrogens is 1. The lowest BCUT2D eigenvalue weighted by atomic mass is 10.5. The number of pyridine rings is 1. The first-order valence-electron chi connectivity index (χ1n) is 5.45. The molecule has 0 saturated heterocycles. The van der Waals surface area contributed by atoms with E-state index in [0.717, 1.165) is 0 Å². The number of halogens is 1. The van der Waals surface area contributed by atoms with Gasteiger partial charge in [-0.1, -0.05) is 11.6 Å². The standard InChI is InChI=1S/C10H17ClN2O3PS/c1-3-15-17(14,16-4-2)8-18(12)10-9(11)6-5-7-13-10/h5-7,12,14H,3-4,8H2,1-2H3/q+1. The van der Waals surface area contributed by atoms with E-state index in [1.54, 1.807) is 32.2 Å². The van der Waals surface area contributed by atoms with Crippen LogP contribution in [0.25, 0.3) is 0 Å². The number of nitrogens with one attached hydrogen (secondary N) is 1. The van der Waals surface area contributed by atoms with Gasteiger partial charge in [-0.15, -0.1) is 0 Å². The quantitative estimate of drug-likeness (QED) is 0.758. The van der Waals surface area contributed by atoms with Gasteiger partial charge in [-0.25, -0.2) is 4.98 Å². The highest BCUT2D eigenvalue weighted by Crippen LogP contribution is 2.57. The van der Waals surface area contributed by atoms with Crippen LogP contribution in [0.3, 0.4) is 0 Å². The molecule has 0 bridgehead atoms. The molecule has 0 radical (unpaired) electrons. The summed E-state index contributed by atoms with van der Waals surface area (Å²) in [5.74, 6) is 0. The molecule has 1 aromatic heterocycles. The Bertz CT molecular complexity index is 416. The molecule has 5 nitrogen and oxygen atoms in total. The molecule has 8 heteroatoms. The van der Waals surface area contributed by atoms with Gasteiger partial charge in [0.15, 0.2) is 0 Å². The average Bonchev–Trinajstić information content (AvgIpc) is 2.29. The molecule has 0 aliphatic heterocycles. The van der Waals surface area contributed by atoms with Gasteiger partial charge in [0.05, 0.1) is 18.2 Å². The first kappa shape index (κ1) is 16.0. The average molecular weight is 312 g/mol. The van der Waals surface area contributed by atoms with Crippen molar-refractivity contribution in [3.05, 3.63) is 23.4 Å². The molecule has 2 N–H and O–H groups in total. The Kier molecular flexibility index (Phi) is 6.63. The van der Waals surface area contributed by atoms with Crippen molar-refractivity contribution in [2.75, 3.05) is 18.7 Å². The summed E-state index contributed by atoms with van der Waals surface area (Å²) in [5.41, 5.74) is 0.0887. The third kappa shape index (κ3) is 4.53. The van der Waals surface area contributed by atoms with Crippen LogP contribution < -0.4 is 0 Å². The topological polar surface area (TPSA) is 75.4 Å². The molecule has 1 heterocycles. The van der Waals surface area contributed by atoms with E-state index in [1.165, 1.54) is 0 Å². The fourth-order valence-corrected chi connectivity index (χ4v) is 5.46. The molecule has 0 aliphatic carbocycles. The monoisotopic (exact) mass is 311 g/mol. The van der Waals surface area contributed by atoms with Gasteiger partial charge < -0.3 is 0 Å². The Morgan fingerprint density at radius 1 is 1.44 bits per heavy atom. The van der Waals surface area contributed by atoms with E-state index in [-0.39, 0.29) is 5.49 Å². The molecule has 1 aromatic rings. The van der Waals surface area contributed by atoms with Crippen LogP contribution in [0.2, 0.25) is 5.02 Å². The van der Waals surface area contributed by atoms with Crippen LogP contribution in [0.1, 0.15) is 13.8 Å². The molecule has 0 spiro atoms. The fraction of sp³-hybridized carbons (Fsp3) is 0.500. The number of hydrogen-bond acceptors (Lipinski definition) is 5. The normalized spacial score (nSPS) is 13.6. The second-order valence-corrected chi connectivity index (χ2v) is 7.68. The van der Waals surface area contributed by atoms with Crippen LogP contribution >= 0.6 is 19.5 Å². The van der Waals surface area contributed by atoms with Crippen molar-refractivity contribution in [1.29, 1.82) is 4.78 Å². The molecular formula is C10H17ClN2O3PS+. The first-order valence-corrected chi connectivity index (χ1v) is 8.98. The van der Waals surface area contributed by atoms with Crippen LogP contribution in [0.15, 0.2) is 23.4 Å². The maximum absolute atomic E-state index is 10.2. The highest BCUT2D eigenvalue weighted by molar-refractivity contribution is 7.94. The van der Waals surface area contributed by atoms with E-state index in [2.05, 4.69) is 4.98 Å². The molecule has 18 heavy (non-hydrogen) atoms. The smallest absolute Gasteiger partial charge is 0.270 e. The highest BCUT2D eigenvalue weighted by atomic mass is 35.5.